The number of benzene rings is 1. The van der Waals surface area contributed by atoms with Crippen molar-refractivity contribution in [1.82, 2.24) is 5.32 Å². The number of Topliss-reactive ketones (excluding diaryl/α,β-unsaturated/α-hetero) is 1. The summed E-state index contributed by atoms with van der Waals surface area (Å²) >= 11 is 0. The second kappa shape index (κ2) is 6.68. The standard InChI is InChI=1S/C14H18N2O3/c1-4-9(2)15-13(18)14(19)16-12-7-5-6-11(8-12)10(3)17/h5-9H,4H2,1-3H3,(H,15,18)(H,16,19). The van der Waals surface area contributed by atoms with E-state index in [1.54, 1.807) is 18.2 Å². The van der Waals surface area contributed by atoms with Crippen LogP contribution in [0.5, 0.6) is 0 Å². The van der Waals surface area contributed by atoms with Crippen molar-refractivity contribution in [1.29, 1.82) is 0 Å². The van der Waals surface area contributed by atoms with Crippen molar-refractivity contribution in [3.8, 4) is 0 Å². The maximum atomic E-state index is 11.6. The largest absolute Gasteiger partial charge is 0.345 e. The molecule has 5 heteroatoms. The quantitative estimate of drug-likeness (QED) is 0.641. The zero-order chi connectivity index (χ0) is 14.4. The van der Waals surface area contributed by atoms with Crippen LogP contribution in [0.15, 0.2) is 24.3 Å². The second-order valence-corrected chi connectivity index (χ2v) is 4.37. The molecule has 0 radical (unpaired) electrons. The van der Waals surface area contributed by atoms with Gasteiger partial charge < -0.3 is 10.6 Å². The summed E-state index contributed by atoms with van der Waals surface area (Å²) in [6, 6.07) is 6.41. The summed E-state index contributed by atoms with van der Waals surface area (Å²) in [6.07, 6.45) is 0.749. The van der Waals surface area contributed by atoms with Crippen LogP contribution < -0.4 is 10.6 Å². The first-order valence-corrected chi connectivity index (χ1v) is 6.17. The van der Waals surface area contributed by atoms with Crippen LogP contribution in [0.3, 0.4) is 0 Å². The maximum absolute atomic E-state index is 11.6. The molecule has 0 aromatic heterocycles. The Hall–Kier alpha value is -2.17. The Morgan fingerprint density at radius 2 is 1.89 bits per heavy atom. The van der Waals surface area contributed by atoms with Crippen molar-refractivity contribution in [2.75, 3.05) is 5.32 Å². The average Bonchev–Trinajstić information content (AvgIpc) is 2.38. The van der Waals surface area contributed by atoms with Gasteiger partial charge in [0.15, 0.2) is 5.78 Å². The Kier molecular flexibility index (Phi) is 5.23. The molecule has 5 nitrogen and oxygen atoms in total. The van der Waals surface area contributed by atoms with Gasteiger partial charge in [0.25, 0.3) is 0 Å². The molecule has 0 spiro atoms. The van der Waals surface area contributed by atoms with Gasteiger partial charge in [0.1, 0.15) is 0 Å². The van der Waals surface area contributed by atoms with Crippen molar-refractivity contribution >= 4 is 23.3 Å². The third kappa shape index (κ3) is 4.54. The summed E-state index contributed by atoms with van der Waals surface area (Å²) in [6.45, 7) is 5.18. The van der Waals surface area contributed by atoms with Gasteiger partial charge in [-0.15, -0.1) is 0 Å². The molecule has 102 valence electrons. The molecule has 2 N–H and O–H groups in total. The first-order valence-electron chi connectivity index (χ1n) is 6.17. The van der Waals surface area contributed by atoms with Crippen LogP contribution in [-0.4, -0.2) is 23.6 Å². The summed E-state index contributed by atoms with van der Waals surface area (Å²) in [7, 11) is 0. The monoisotopic (exact) mass is 262 g/mol. The van der Waals surface area contributed by atoms with Gasteiger partial charge in [-0.05, 0) is 32.4 Å². The number of ketones is 1. The number of amides is 2. The van der Waals surface area contributed by atoms with E-state index in [9.17, 15) is 14.4 Å². The molecule has 1 aromatic carbocycles. The van der Waals surface area contributed by atoms with Gasteiger partial charge in [0.05, 0.1) is 0 Å². The Balaban J connectivity index is 2.69. The average molecular weight is 262 g/mol. The minimum atomic E-state index is -0.735. The van der Waals surface area contributed by atoms with Crippen LogP contribution >= 0.6 is 0 Å². The number of carbonyl (C=O) groups is 3. The Labute approximate surface area is 112 Å². The van der Waals surface area contributed by atoms with E-state index >= 15 is 0 Å². The third-order valence-corrected chi connectivity index (χ3v) is 2.72. The fourth-order valence-corrected chi connectivity index (χ4v) is 1.40. The summed E-state index contributed by atoms with van der Waals surface area (Å²) in [5.74, 6) is -1.51. The van der Waals surface area contributed by atoms with Crippen molar-refractivity contribution in [2.24, 2.45) is 0 Å². The van der Waals surface area contributed by atoms with Gasteiger partial charge in [0, 0.05) is 17.3 Å². The lowest BCUT2D eigenvalue weighted by Gasteiger charge is -2.11. The highest BCUT2D eigenvalue weighted by Gasteiger charge is 2.15. The van der Waals surface area contributed by atoms with E-state index in [1.165, 1.54) is 13.0 Å². The predicted octanol–water partition coefficient (Wildman–Crippen LogP) is 1.74. The zero-order valence-electron chi connectivity index (χ0n) is 11.3. The number of hydrogen-bond acceptors (Lipinski definition) is 3. The summed E-state index contributed by atoms with van der Waals surface area (Å²) in [5.41, 5.74) is 0.914. The fraction of sp³-hybridized carbons (Fsp3) is 0.357. The van der Waals surface area contributed by atoms with Crippen molar-refractivity contribution in [2.45, 2.75) is 33.2 Å². The van der Waals surface area contributed by atoms with E-state index in [4.69, 9.17) is 0 Å². The number of hydrogen-bond donors (Lipinski definition) is 2. The van der Waals surface area contributed by atoms with E-state index in [0.717, 1.165) is 6.42 Å². The second-order valence-electron chi connectivity index (χ2n) is 4.37. The molecular formula is C14H18N2O3. The minimum absolute atomic E-state index is 0.0539. The van der Waals surface area contributed by atoms with E-state index in [1.807, 2.05) is 13.8 Å². The van der Waals surface area contributed by atoms with Crippen LogP contribution in [0, 0.1) is 0 Å². The molecule has 0 fully saturated rings. The summed E-state index contributed by atoms with van der Waals surface area (Å²) in [4.78, 5) is 34.4. The molecule has 1 aromatic rings. The van der Waals surface area contributed by atoms with Gasteiger partial charge in [0.2, 0.25) is 0 Å². The molecular weight excluding hydrogens is 244 g/mol. The maximum Gasteiger partial charge on any atom is 0.313 e. The van der Waals surface area contributed by atoms with Crippen LogP contribution in [0.4, 0.5) is 5.69 Å². The van der Waals surface area contributed by atoms with Crippen molar-refractivity contribution in [3.05, 3.63) is 29.8 Å². The molecule has 0 heterocycles. The van der Waals surface area contributed by atoms with Gasteiger partial charge in [-0.1, -0.05) is 19.1 Å². The predicted molar refractivity (Wildman–Crippen MR) is 73.0 cm³/mol. The highest BCUT2D eigenvalue weighted by atomic mass is 16.2. The Morgan fingerprint density at radius 1 is 1.21 bits per heavy atom. The Morgan fingerprint density at radius 3 is 2.47 bits per heavy atom. The number of anilines is 1. The normalized spacial score (nSPS) is 11.5. The number of nitrogens with one attached hydrogen (secondary N) is 2. The molecule has 1 unspecified atom stereocenters. The zero-order valence-corrected chi connectivity index (χ0v) is 11.3. The van der Waals surface area contributed by atoms with Crippen LogP contribution in [0.2, 0.25) is 0 Å². The first kappa shape index (κ1) is 14.9. The lowest BCUT2D eigenvalue weighted by atomic mass is 10.1. The van der Waals surface area contributed by atoms with Crippen LogP contribution in [-0.2, 0) is 9.59 Å². The molecule has 0 aliphatic rings. The lowest BCUT2D eigenvalue weighted by molar-refractivity contribution is -0.136. The van der Waals surface area contributed by atoms with Crippen LogP contribution in [0.25, 0.3) is 0 Å². The highest BCUT2D eigenvalue weighted by Crippen LogP contribution is 2.11. The Bertz CT molecular complexity index is 497. The molecule has 1 rings (SSSR count). The van der Waals surface area contributed by atoms with E-state index in [-0.39, 0.29) is 11.8 Å². The van der Waals surface area contributed by atoms with Crippen molar-refractivity contribution < 1.29 is 14.4 Å². The molecule has 0 saturated carbocycles. The summed E-state index contributed by atoms with van der Waals surface area (Å²) in [5, 5.41) is 5.03. The molecule has 0 aliphatic carbocycles. The third-order valence-electron chi connectivity index (χ3n) is 2.72. The summed E-state index contributed by atoms with van der Waals surface area (Å²) < 4.78 is 0. The molecule has 19 heavy (non-hydrogen) atoms. The van der Waals surface area contributed by atoms with E-state index in [2.05, 4.69) is 10.6 Å². The van der Waals surface area contributed by atoms with Gasteiger partial charge in [-0.25, -0.2) is 0 Å². The molecule has 1 atom stereocenters. The minimum Gasteiger partial charge on any atom is -0.345 e. The van der Waals surface area contributed by atoms with E-state index in [0.29, 0.717) is 11.3 Å². The van der Waals surface area contributed by atoms with Gasteiger partial charge in [-0.3, -0.25) is 14.4 Å². The number of carbonyl (C=O) groups excluding carboxylic acids is 3. The van der Waals surface area contributed by atoms with Crippen LogP contribution in [0.1, 0.15) is 37.6 Å². The fourth-order valence-electron chi connectivity index (χ4n) is 1.40. The van der Waals surface area contributed by atoms with Gasteiger partial charge >= 0.3 is 11.8 Å². The first-order chi connectivity index (χ1) is 8.93. The topological polar surface area (TPSA) is 75.3 Å². The van der Waals surface area contributed by atoms with E-state index < -0.39 is 11.8 Å². The molecule has 0 saturated heterocycles. The molecule has 0 aliphatic heterocycles. The SMILES string of the molecule is CCC(C)NC(=O)C(=O)Nc1cccc(C(C)=O)c1. The smallest absolute Gasteiger partial charge is 0.313 e. The molecule has 2 amide bonds. The number of rotatable bonds is 4. The lowest BCUT2D eigenvalue weighted by Crippen LogP contribution is -2.40. The highest BCUT2D eigenvalue weighted by molar-refractivity contribution is 6.39. The van der Waals surface area contributed by atoms with Gasteiger partial charge in [-0.2, -0.15) is 0 Å². The van der Waals surface area contributed by atoms with Crippen molar-refractivity contribution in [3.63, 3.8) is 0 Å². The molecule has 0 bridgehead atoms.